The van der Waals surface area contributed by atoms with Crippen LogP contribution in [0, 0.1) is 10.1 Å². The summed E-state index contributed by atoms with van der Waals surface area (Å²) in [4.78, 5) is 12.1. The summed E-state index contributed by atoms with van der Waals surface area (Å²) < 4.78 is 22.8. The SMILES string of the molecule is C=C(C)CN(C)c1ccc(S(C)(=O)=O)cc1[N+](=O)[O-]. The van der Waals surface area contributed by atoms with Crippen LogP contribution in [-0.4, -0.2) is 33.2 Å². The van der Waals surface area contributed by atoms with Crippen molar-refractivity contribution in [3.63, 3.8) is 0 Å². The summed E-state index contributed by atoms with van der Waals surface area (Å²) in [7, 11) is -1.77. The highest BCUT2D eigenvalue weighted by atomic mass is 32.2. The third kappa shape index (κ3) is 3.78. The summed E-state index contributed by atoms with van der Waals surface area (Å²) in [6.45, 7) is 6.01. The summed E-state index contributed by atoms with van der Waals surface area (Å²) in [6.07, 6.45) is 1.02. The van der Waals surface area contributed by atoms with E-state index in [-0.39, 0.29) is 10.6 Å². The van der Waals surface area contributed by atoms with Gasteiger partial charge in [-0.1, -0.05) is 12.2 Å². The average molecular weight is 284 g/mol. The Morgan fingerprint density at radius 1 is 1.47 bits per heavy atom. The van der Waals surface area contributed by atoms with Gasteiger partial charge in [-0.2, -0.15) is 0 Å². The van der Waals surface area contributed by atoms with Gasteiger partial charge in [-0.3, -0.25) is 10.1 Å². The van der Waals surface area contributed by atoms with Crippen molar-refractivity contribution in [3.8, 4) is 0 Å². The van der Waals surface area contributed by atoms with Crippen LogP contribution < -0.4 is 4.90 Å². The summed E-state index contributed by atoms with van der Waals surface area (Å²) in [5, 5.41) is 11.1. The fourth-order valence-corrected chi connectivity index (χ4v) is 2.33. The Kier molecular flexibility index (Phi) is 4.31. The topological polar surface area (TPSA) is 80.5 Å². The number of nitro groups is 1. The molecule has 0 aromatic heterocycles. The molecule has 1 rings (SSSR count). The molecule has 0 bridgehead atoms. The molecule has 7 heteroatoms. The van der Waals surface area contributed by atoms with E-state index in [0.29, 0.717) is 12.2 Å². The quantitative estimate of drug-likeness (QED) is 0.469. The fraction of sp³-hybridized carbons (Fsp3) is 0.333. The molecule has 0 fully saturated rings. The Hall–Kier alpha value is -1.89. The van der Waals surface area contributed by atoms with E-state index in [1.165, 1.54) is 12.1 Å². The van der Waals surface area contributed by atoms with Crippen molar-refractivity contribution in [2.45, 2.75) is 11.8 Å². The fourth-order valence-electron chi connectivity index (χ4n) is 1.69. The van der Waals surface area contributed by atoms with Gasteiger partial charge in [0.05, 0.1) is 9.82 Å². The molecule has 6 nitrogen and oxygen atoms in total. The number of benzene rings is 1. The average Bonchev–Trinajstić information content (AvgIpc) is 2.25. The number of nitrogens with zero attached hydrogens (tertiary/aromatic N) is 2. The highest BCUT2D eigenvalue weighted by molar-refractivity contribution is 7.90. The molecule has 104 valence electrons. The molecule has 19 heavy (non-hydrogen) atoms. The molecule has 1 aromatic carbocycles. The molecule has 1 aromatic rings. The molecule has 0 atom stereocenters. The third-order valence-electron chi connectivity index (χ3n) is 2.49. The van der Waals surface area contributed by atoms with Crippen LogP contribution in [0.5, 0.6) is 0 Å². The molecular weight excluding hydrogens is 268 g/mol. The Bertz CT molecular complexity index is 623. The maximum atomic E-state index is 11.4. The number of likely N-dealkylation sites (N-methyl/N-ethyl adjacent to an activating group) is 1. The molecule has 0 aliphatic rings. The van der Waals surface area contributed by atoms with Crippen LogP contribution in [-0.2, 0) is 9.84 Å². The first-order valence-electron chi connectivity index (χ1n) is 5.47. The molecule has 0 amide bonds. The smallest absolute Gasteiger partial charge is 0.293 e. The minimum absolute atomic E-state index is 0.0633. The van der Waals surface area contributed by atoms with E-state index < -0.39 is 14.8 Å². The zero-order chi connectivity index (χ0) is 14.8. The van der Waals surface area contributed by atoms with Gasteiger partial charge in [0.1, 0.15) is 5.69 Å². The lowest BCUT2D eigenvalue weighted by molar-refractivity contribution is -0.384. The molecule has 0 saturated carbocycles. The van der Waals surface area contributed by atoms with E-state index in [4.69, 9.17) is 0 Å². The number of sulfone groups is 1. The monoisotopic (exact) mass is 284 g/mol. The van der Waals surface area contributed by atoms with Crippen molar-refractivity contribution in [1.29, 1.82) is 0 Å². The van der Waals surface area contributed by atoms with Crippen LogP contribution in [0.1, 0.15) is 6.92 Å². The predicted molar refractivity (Wildman–Crippen MR) is 74.3 cm³/mol. The van der Waals surface area contributed by atoms with Gasteiger partial charge in [-0.05, 0) is 19.1 Å². The summed E-state index contributed by atoms with van der Waals surface area (Å²) >= 11 is 0. The van der Waals surface area contributed by atoms with Gasteiger partial charge in [0, 0.05) is 25.9 Å². The van der Waals surface area contributed by atoms with E-state index in [1.807, 2.05) is 6.92 Å². The van der Waals surface area contributed by atoms with Gasteiger partial charge in [-0.15, -0.1) is 0 Å². The van der Waals surface area contributed by atoms with Crippen molar-refractivity contribution in [1.82, 2.24) is 0 Å². The molecule has 0 radical (unpaired) electrons. The Morgan fingerprint density at radius 2 is 2.05 bits per heavy atom. The molecule has 0 N–H and O–H groups in total. The van der Waals surface area contributed by atoms with Crippen LogP contribution >= 0.6 is 0 Å². The van der Waals surface area contributed by atoms with E-state index >= 15 is 0 Å². The first-order valence-corrected chi connectivity index (χ1v) is 7.36. The minimum Gasteiger partial charge on any atom is -0.365 e. The molecule has 0 aliphatic heterocycles. The molecule has 0 unspecified atom stereocenters. The second-order valence-corrected chi connectivity index (χ2v) is 6.51. The number of anilines is 1. The van der Waals surface area contributed by atoms with E-state index in [9.17, 15) is 18.5 Å². The maximum Gasteiger partial charge on any atom is 0.293 e. The number of hydrogen-bond donors (Lipinski definition) is 0. The Labute approximate surface area is 112 Å². The van der Waals surface area contributed by atoms with Crippen LogP contribution in [0.4, 0.5) is 11.4 Å². The zero-order valence-corrected chi connectivity index (χ0v) is 11.9. The Morgan fingerprint density at radius 3 is 2.47 bits per heavy atom. The van der Waals surface area contributed by atoms with Crippen LogP contribution in [0.25, 0.3) is 0 Å². The second-order valence-electron chi connectivity index (χ2n) is 4.49. The van der Waals surface area contributed by atoms with Crippen LogP contribution in [0.15, 0.2) is 35.2 Å². The second kappa shape index (κ2) is 5.40. The van der Waals surface area contributed by atoms with Crippen LogP contribution in [0.3, 0.4) is 0 Å². The first kappa shape index (κ1) is 15.2. The van der Waals surface area contributed by atoms with Crippen molar-refractivity contribution in [2.75, 3.05) is 24.7 Å². The van der Waals surface area contributed by atoms with E-state index in [1.54, 1.807) is 11.9 Å². The molecule has 0 aliphatic carbocycles. The molecular formula is C12H16N2O4S. The van der Waals surface area contributed by atoms with E-state index in [2.05, 4.69) is 6.58 Å². The van der Waals surface area contributed by atoms with Gasteiger partial charge in [0.15, 0.2) is 9.84 Å². The Balaban J connectivity index is 3.34. The lowest BCUT2D eigenvalue weighted by Crippen LogP contribution is -2.20. The van der Waals surface area contributed by atoms with Crippen molar-refractivity contribution >= 4 is 21.2 Å². The predicted octanol–water partition coefficient (Wildman–Crippen LogP) is 2.01. The zero-order valence-electron chi connectivity index (χ0n) is 11.1. The van der Waals surface area contributed by atoms with Gasteiger partial charge in [0.2, 0.25) is 0 Å². The standard InChI is InChI=1S/C12H16N2O4S/c1-9(2)8-13(3)11-6-5-10(19(4,17)18)7-12(11)14(15)16/h5-7H,1,8H2,2-4H3. The van der Waals surface area contributed by atoms with Crippen molar-refractivity contribution in [2.24, 2.45) is 0 Å². The summed E-state index contributed by atoms with van der Waals surface area (Å²) in [5.41, 5.74) is 0.982. The minimum atomic E-state index is -3.46. The highest BCUT2D eigenvalue weighted by Crippen LogP contribution is 2.30. The van der Waals surface area contributed by atoms with Gasteiger partial charge < -0.3 is 4.90 Å². The summed E-state index contributed by atoms with van der Waals surface area (Å²) in [6, 6.07) is 3.89. The molecule has 0 spiro atoms. The number of rotatable bonds is 5. The number of hydrogen-bond acceptors (Lipinski definition) is 5. The molecule has 0 saturated heterocycles. The number of nitro benzene ring substituents is 1. The largest absolute Gasteiger partial charge is 0.365 e. The van der Waals surface area contributed by atoms with E-state index in [0.717, 1.165) is 17.9 Å². The van der Waals surface area contributed by atoms with Gasteiger partial charge >= 0.3 is 0 Å². The normalized spacial score (nSPS) is 11.1. The lowest BCUT2D eigenvalue weighted by Gasteiger charge is -2.19. The third-order valence-corrected chi connectivity index (χ3v) is 3.60. The lowest BCUT2D eigenvalue weighted by atomic mass is 10.2. The van der Waals surface area contributed by atoms with Crippen molar-refractivity contribution in [3.05, 3.63) is 40.5 Å². The van der Waals surface area contributed by atoms with Crippen LogP contribution in [0.2, 0.25) is 0 Å². The molecule has 0 heterocycles. The maximum absolute atomic E-state index is 11.4. The van der Waals surface area contributed by atoms with Gasteiger partial charge in [-0.25, -0.2) is 8.42 Å². The van der Waals surface area contributed by atoms with Gasteiger partial charge in [0.25, 0.3) is 5.69 Å². The summed E-state index contributed by atoms with van der Waals surface area (Å²) in [5.74, 6) is 0. The first-order chi connectivity index (χ1) is 8.62. The van der Waals surface area contributed by atoms with Crippen molar-refractivity contribution < 1.29 is 13.3 Å². The highest BCUT2D eigenvalue weighted by Gasteiger charge is 2.20.